The van der Waals surface area contributed by atoms with E-state index in [9.17, 15) is 4.79 Å². The van der Waals surface area contributed by atoms with E-state index in [1.54, 1.807) is 11.8 Å². The summed E-state index contributed by atoms with van der Waals surface area (Å²) in [5.41, 5.74) is 0. The van der Waals surface area contributed by atoms with Gasteiger partial charge >= 0.3 is 0 Å². The molecule has 0 radical (unpaired) electrons. The van der Waals surface area contributed by atoms with Gasteiger partial charge in [-0.1, -0.05) is 71.7 Å². The Bertz CT molecular complexity index is 394. The number of nitrogens with one attached hydrogen (secondary N) is 1. The fourth-order valence-electron chi connectivity index (χ4n) is 0.731. The average molecular weight is 335 g/mol. The number of rotatable bonds is 4. The van der Waals surface area contributed by atoms with Crippen LogP contribution < -0.4 is 5.32 Å². The molecule has 1 atom stereocenters. The van der Waals surface area contributed by atoms with E-state index in [4.69, 9.17) is 34.8 Å². The zero-order chi connectivity index (χ0) is 13.1. The number of hydrogen-bond acceptors (Lipinski definition) is 5. The van der Waals surface area contributed by atoms with Crippen molar-refractivity contribution in [2.75, 3.05) is 5.32 Å². The first kappa shape index (κ1) is 15.3. The number of hydrogen-bond donors (Lipinski definition) is 1. The largest absolute Gasteiger partial charge is 0.297 e. The molecule has 0 aliphatic heterocycles. The maximum absolute atomic E-state index is 11.3. The molecule has 1 amide bonds. The molecule has 1 N–H and O–H groups in total. The number of aromatic nitrogens is 2. The van der Waals surface area contributed by atoms with Crippen LogP contribution in [0.2, 0.25) is 0 Å². The van der Waals surface area contributed by atoms with Crippen LogP contribution in [0.4, 0.5) is 5.13 Å². The van der Waals surface area contributed by atoms with E-state index in [0.717, 1.165) is 10.8 Å². The summed E-state index contributed by atoms with van der Waals surface area (Å²) >= 11 is 19.1. The average Bonchev–Trinajstić information content (AvgIpc) is 2.64. The number of anilines is 1. The molecular weight excluding hydrogens is 325 g/mol. The van der Waals surface area contributed by atoms with Crippen LogP contribution in [0.15, 0.2) is 4.34 Å². The van der Waals surface area contributed by atoms with Crippen molar-refractivity contribution >= 4 is 68.9 Å². The highest BCUT2D eigenvalue weighted by Crippen LogP contribution is 2.32. The van der Waals surface area contributed by atoms with E-state index < -0.39 is 9.70 Å². The molecule has 0 fully saturated rings. The van der Waals surface area contributed by atoms with E-state index in [2.05, 4.69) is 29.4 Å². The van der Waals surface area contributed by atoms with Crippen LogP contribution in [-0.2, 0) is 4.79 Å². The van der Waals surface area contributed by atoms with Gasteiger partial charge in [-0.05, 0) is 6.42 Å². The van der Waals surface area contributed by atoms with E-state index in [-0.39, 0.29) is 0 Å². The van der Waals surface area contributed by atoms with E-state index in [1.165, 1.54) is 11.3 Å². The summed E-state index contributed by atoms with van der Waals surface area (Å²) in [7, 11) is 0. The number of thioether (sulfide) groups is 1. The fraction of sp³-hybridized carbons (Fsp3) is 0.625. The van der Waals surface area contributed by atoms with Crippen LogP contribution in [0.1, 0.15) is 20.3 Å². The van der Waals surface area contributed by atoms with Crippen LogP contribution in [0.3, 0.4) is 0 Å². The van der Waals surface area contributed by atoms with Crippen LogP contribution >= 0.6 is 57.9 Å². The second-order valence-corrected chi connectivity index (χ2v) is 8.11. The van der Waals surface area contributed by atoms with Crippen molar-refractivity contribution in [1.82, 2.24) is 10.2 Å². The molecule has 1 aromatic rings. The second kappa shape index (κ2) is 6.43. The molecule has 0 saturated carbocycles. The predicted molar refractivity (Wildman–Crippen MR) is 74.4 cm³/mol. The lowest BCUT2D eigenvalue weighted by Gasteiger charge is -2.08. The highest BCUT2D eigenvalue weighted by atomic mass is 35.6. The first-order valence-corrected chi connectivity index (χ1v) is 7.54. The minimum Gasteiger partial charge on any atom is -0.297 e. The van der Waals surface area contributed by atoms with Gasteiger partial charge in [-0.2, -0.15) is 0 Å². The van der Waals surface area contributed by atoms with E-state index >= 15 is 0 Å². The third kappa shape index (κ3) is 5.18. The smallest absolute Gasteiger partial charge is 0.278 e. The fourth-order valence-corrected chi connectivity index (χ4v) is 2.87. The minimum atomic E-state index is -1.99. The van der Waals surface area contributed by atoms with Crippen molar-refractivity contribution in [1.29, 1.82) is 0 Å². The van der Waals surface area contributed by atoms with Crippen LogP contribution in [0.5, 0.6) is 0 Å². The third-order valence-electron chi connectivity index (χ3n) is 1.76. The van der Waals surface area contributed by atoms with Crippen molar-refractivity contribution in [2.45, 2.75) is 33.7 Å². The first-order valence-electron chi connectivity index (χ1n) is 4.71. The van der Waals surface area contributed by atoms with Gasteiger partial charge < -0.3 is 0 Å². The lowest BCUT2D eigenvalue weighted by molar-refractivity contribution is -0.115. The van der Waals surface area contributed by atoms with Gasteiger partial charge in [0.15, 0.2) is 4.34 Å². The van der Waals surface area contributed by atoms with Gasteiger partial charge in [0.1, 0.15) is 0 Å². The summed E-state index contributed by atoms with van der Waals surface area (Å²) in [6, 6.07) is 0. The Morgan fingerprint density at radius 1 is 1.53 bits per heavy atom. The number of halogens is 3. The van der Waals surface area contributed by atoms with Crippen molar-refractivity contribution in [3.05, 3.63) is 0 Å². The molecule has 1 rings (SSSR count). The van der Waals surface area contributed by atoms with Gasteiger partial charge in [0.25, 0.3) is 9.70 Å². The Hall–Kier alpha value is 0.250. The van der Waals surface area contributed by atoms with Gasteiger partial charge in [-0.3, -0.25) is 10.1 Å². The molecule has 0 bridgehead atoms. The zero-order valence-electron chi connectivity index (χ0n) is 9.04. The third-order valence-corrected chi connectivity index (χ3v) is 4.47. The predicted octanol–water partition coefficient (Wildman–Crippen LogP) is 3.74. The van der Waals surface area contributed by atoms with E-state index in [1.807, 2.05) is 0 Å². The first-order chi connectivity index (χ1) is 7.82. The van der Waals surface area contributed by atoms with Gasteiger partial charge in [0.2, 0.25) is 5.13 Å². The summed E-state index contributed by atoms with van der Waals surface area (Å²) in [6.07, 6.45) is 1.03. The molecule has 1 heterocycles. The number of alkyl halides is 3. The molecule has 17 heavy (non-hydrogen) atoms. The Morgan fingerprint density at radius 3 is 2.71 bits per heavy atom. The highest BCUT2D eigenvalue weighted by Gasteiger charge is 2.31. The summed E-state index contributed by atoms with van der Waals surface area (Å²) in [5.74, 6) is -0.737. The summed E-state index contributed by atoms with van der Waals surface area (Å²) < 4.78 is -1.21. The van der Waals surface area contributed by atoms with Crippen molar-refractivity contribution in [2.24, 2.45) is 0 Å². The molecule has 9 heteroatoms. The maximum atomic E-state index is 11.3. The molecule has 0 spiro atoms. The molecule has 96 valence electrons. The lowest BCUT2D eigenvalue weighted by Crippen LogP contribution is -2.26. The molecule has 0 aliphatic carbocycles. The van der Waals surface area contributed by atoms with Gasteiger partial charge in [0, 0.05) is 5.25 Å². The van der Waals surface area contributed by atoms with E-state index in [0.29, 0.717) is 10.4 Å². The molecule has 0 saturated heterocycles. The SMILES string of the molecule is CCC(C)Sc1nnc(NC(=O)C(Cl)(Cl)Cl)s1. The van der Waals surface area contributed by atoms with Crippen molar-refractivity contribution in [3.63, 3.8) is 0 Å². The monoisotopic (exact) mass is 333 g/mol. The number of amides is 1. The zero-order valence-corrected chi connectivity index (χ0v) is 12.9. The molecule has 1 aromatic heterocycles. The quantitative estimate of drug-likeness (QED) is 0.518. The van der Waals surface area contributed by atoms with Gasteiger partial charge in [-0.25, -0.2) is 0 Å². The molecule has 1 unspecified atom stereocenters. The second-order valence-electron chi connectivity index (χ2n) is 3.16. The van der Waals surface area contributed by atoms with Crippen LogP contribution in [-0.4, -0.2) is 25.1 Å². The Balaban J connectivity index is 2.60. The molecule has 4 nitrogen and oxygen atoms in total. The number of carbonyl (C=O) groups is 1. The van der Waals surface area contributed by atoms with Crippen molar-refractivity contribution < 1.29 is 4.79 Å². The summed E-state index contributed by atoms with van der Waals surface area (Å²) in [6.45, 7) is 4.18. The van der Waals surface area contributed by atoms with Crippen LogP contribution in [0.25, 0.3) is 0 Å². The lowest BCUT2D eigenvalue weighted by atomic mass is 10.4. The Kier molecular flexibility index (Phi) is 5.79. The Labute approximate surface area is 122 Å². The van der Waals surface area contributed by atoms with Crippen molar-refractivity contribution in [3.8, 4) is 0 Å². The normalized spacial score (nSPS) is 13.5. The van der Waals surface area contributed by atoms with Crippen LogP contribution in [0, 0.1) is 0 Å². The molecule has 0 aliphatic rings. The van der Waals surface area contributed by atoms with Gasteiger partial charge in [-0.15, -0.1) is 10.2 Å². The topological polar surface area (TPSA) is 54.9 Å². The molecular formula is C8H10Cl3N3OS2. The molecule has 0 aromatic carbocycles. The number of nitrogens with zero attached hydrogens (tertiary/aromatic N) is 2. The standard InChI is InChI=1S/C8H10Cl3N3OS2/c1-3-4(2)16-7-14-13-6(17-7)12-5(15)8(9,10)11/h4H,3H2,1-2H3,(H,12,13,15). The summed E-state index contributed by atoms with van der Waals surface area (Å²) in [4.78, 5) is 11.3. The van der Waals surface area contributed by atoms with Gasteiger partial charge in [0.05, 0.1) is 0 Å². The Morgan fingerprint density at radius 2 is 2.18 bits per heavy atom. The number of carbonyl (C=O) groups excluding carboxylic acids is 1. The highest BCUT2D eigenvalue weighted by molar-refractivity contribution is 8.01. The summed E-state index contributed by atoms with van der Waals surface area (Å²) in [5, 5.41) is 10.9. The minimum absolute atomic E-state index is 0.326. The maximum Gasteiger partial charge on any atom is 0.278 e.